The standard InChI is InChI=1S/C20H23N5O2/c1-24-20-17(13-22-24)16(12-19(26)23-20)15-6-2-3-7-18(15)27-11-5-4-9-25-10-8-21-14-25/h2-3,6-8,10,13-14,16H,4-5,9,11-12H2,1H3,(H,23,26). The highest BCUT2D eigenvalue weighted by Gasteiger charge is 2.30. The first-order valence-corrected chi connectivity index (χ1v) is 9.21. The van der Waals surface area contributed by atoms with Crippen LogP contribution in [0.3, 0.4) is 0 Å². The van der Waals surface area contributed by atoms with E-state index in [1.165, 1.54) is 0 Å². The van der Waals surface area contributed by atoms with Gasteiger partial charge in [0.2, 0.25) is 5.91 Å². The van der Waals surface area contributed by atoms with Gasteiger partial charge in [-0.3, -0.25) is 9.48 Å². The normalized spacial score (nSPS) is 16.0. The fourth-order valence-corrected chi connectivity index (χ4v) is 3.52. The minimum Gasteiger partial charge on any atom is -0.493 e. The topological polar surface area (TPSA) is 74.0 Å². The zero-order chi connectivity index (χ0) is 18.6. The number of carbonyl (C=O) groups is 1. The molecule has 0 aliphatic carbocycles. The number of aryl methyl sites for hydroxylation is 2. The summed E-state index contributed by atoms with van der Waals surface area (Å²) in [6, 6.07) is 7.98. The average molecular weight is 365 g/mol. The van der Waals surface area contributed by atoms with Gasteiger partial charge in [-0.1, -0.05) is 18.2 Å². The van der Waals surface area contributed by atoms with Gasteiger partial charge in [0.15, 0.2) is 0 Å². The van der Waals surface area contributed by atoms with Gasteiger partial charge in [0.25, 0.3) is 0 Å². The summed E-state index contributed by atoms with van der Waals surface area (Å²) in [5, 5.41) is 7.22. The maximum atomic E-state index is 12.2. The van der Waals surface area contributed by atoms with E-state index in [0.29, 0.717) is 13.0 Å². The number of unbranched alkanes of at least 4 members (excludes halogenated alkanes) is 1. The van der Waals surface area contributed by atoms with Crippen LogP contribution in [0.15, 0.2) is 49.2 Å². The molecule has 1 aliphatic rings. The lowest BCUT2D eigenvalue weighted by Crippen LogP contribution is -2.24. The van der Waals surface area contributed by atoms with Crippen molar-refractivity contribution in [3.05, 3.63) is 60.3 Å². The maximum absolute atomic E-state index is 12.2. The molecule has 3 aromatic rings. The molecule has 7 nitrogen and oxygen atoms in total. The molecule has 1 aliphatic heterocycles. The van der Waals surface area contributed by atoms with Gasteiger partial charge < -0.3 is 14.6 Å². The second-order valence-electron chi connectivity index (χ2n) is 6.77. The second kappa shape index (κ2) is 7.65. The van der Waals surface area contributed by atoms with Crippen molar-refractivity contribution in [2.75, 3.05) is 11.9 Å². The summed E-state index contributed by atoms with van der Waals surface area (Å²) in [5.74, 6) is 1.58. The third-order valence-corrected chi connectivity index (χ3v) is 4.91. The van der Waals surface area contributed by atoms with Crippen LogP contribution in [-0.4, -0.2) is 31.8 Å². The number of nitrogens with one attached hydrogen (secondary N) is 1. The van der Waals surface area contributed by atoms with Crippen LogP contribution in [0.4, 0.5) is 5.82 Å². The summed E-state index contributed by atoms with van der Waals surface area (Å²) >= 11 is 0. The van der Waals surface area contributed by atoms with E-state index in [4.69, 9.17) is 4.74 Å². The van der Waals surface area contributed by atoms with Crippen LogP contribution in [0.1, 0.15) is 36.3 Å². The number of fused-ring (bicyclic) bond motifs is 1. The van der Waals surface area contributed by atoms with E-state index in [1.807, 2.05) is 50.0 Å². The summed E-state index contributed by atoms with van der Waals surface area (Å²) in [5.41, 5.74) is 2.07. The number of amides is 1. The molecule has 1 amide bonds. The molecule has 0 fully saturated rings. The van der Waals surface area contributed by atoms with Crippen LogP contribution in [0.25, 0.3) is 0 Å². The molecule has 0 saturated carbocycles. The summed E-state index contributed by atoms with van der Waals surface area (Å²) in [7, 11) is 1.84. The highest BCUT2D eigenvalue weighted by Crippen LogP contribution is 2.40. The highest BCUT2D eigenvalue weighted by atomic mass is 16.5. The van der Waals surface area contributed by atoms with E-state index in [0.717, 1.165) is 42.1 Å². The minimum atomic E-state index is -0.0374. The van der Waals surface area contributed by atoms with Crippen molar-refractivity contribution in [2.45, 2.75) is 31.7 Å². The molecule has 3 heterocycles. The number of anilines is 1. The van der Waals surface area contributed by atoms with Crippen molar-refractivity contribution in [3.8, 4) is 5.75 Å². The molecule has 4 rings (SSSR count). The highest BCUT2D eigenvalue weighted by molar-refractivity contribution is 5.94. The van der Waals surface area contributed by atoms with Gasteiger partial charge >= 0.3 is 0 Å². The smallest absolute Gasteiger partial charge is 0.226 e. The predicted molar refractivity (Wildman–Crippen MR) is 102 cm³/mol. The zero-order valence-corrected chi connectivity index (χ0v) is 15.3. The molecule has 2 aromatic heterocycles. The van der Waals surface area contributed by atoms with E-state index in [1.54, 1.807) is 10.9 Å². The molecule has 7 heteroatoms. The fourth-order valence-electron chi connectivity index (χ4n) is 3.52. The minimum absolute atomic E-state index is 0.00577. The Morgan fingerprint density at radius 2 is 2.15 bits per heavy atom. The number of nitrogens with zero attached hydrogens (tertiary/aromatic N) is 4. The molecule has 27 heavy (non-hydrogen) atoms. The number of carbonyl (C=O) groups excluding carboxylic acids is 1. The van der Waals surface area contributed by atoms with Gasteiger partial charge in [0.05, 0.1) is 19.1 Å². The van der Waals surface area contributed by atoms with Crippen molar-refractivity contribution in [1.82, 2.24) is 19.3 Å². The Morgan fingerprint density at radius 1 is 1.26 bits per heavy atom. The summed E-state index contributed by atoms with van der Waals surface area (Å²) in [6.45, 7) is 1.58. The van der Waals surface area contributed by atoms with Gasteiger partial charge in [0, 0.05) is 49.5 Å². The molecule has 1 aromatic carbocycles. The number of ether oxygens (including phenoxy) is 1. The van der Waals surface area contributed by atoms with Crippen LogP contribution < -0.4 is 10.1 Å². The molecule has 0 saturated heterocycles. The Labute approximate surface area is 158 Å². The van der Waals surface area contributed by atoms with Crippen LogP contribution in [-0.2, 0) is 18.4 Å². The molecule has 0 bridgehead atoms. The molecule has 1 unspecified atom stereocenters. The predicted octanol–water partition coefficient (Wildman–Crippen LogP) is 2.95. The molecule has 1 atom stereocenters. The summed E-state index contributed by atoms with van der Waals surface area (Å²) in [6.07, 6.45) is 9.80. The van der Waals surface area contributed by atoms with Crippen LogP contribution >= 0.6 is 0 Å². The number of hydrogen-bond donors (Lipinski definition) is 1. The third-order valence-electron chi connectivity index (χ3n) is 4.91. The number of rotatable bonds is 7. The van der Waals surface area contributed by atoms with Crippen LogP contribution in [0.5, 0.6) is 5.75 Å². The first-order chi connectivity index (χ1) is 13.2. The first kappa shape index (κ1) is 17.3. The van der Waals surface area contributed by atoms with Gasteiger partial charge in [-0.25, -0.2) is 4.98 Å². The quantitative estimate of drug-likeness (QED) is 0.653. The summed E-state index contributed by atoms with van der Waals surface area (Å²) < 4.78 is 9.86. The van der Waals surface area contributed by atoms with Crippen LogP contribution in [0, 0.1) is 0 Å². The number of hydrogen-bond acceptors (Lipinski definition) is 4. The second-order valence-corrected chi connectivity index (χ2v) is 6.77. The molecule has 0 radical (unpaired) electrons. The van der Waals surface area contributed by atoms with Crippen molar-refractivity contribution < 1.29 is 9.53 Å². The SMILES string of the molecule is Cn1ncc2c1NC(=O)CC2c1ccccc1OCCCCn1ccnc1. The Hall–Kier alpha value is -3.09. The first-order valence-electron chi connectivity index (χ1n) is 9.21. The van der Waals surface area contributed by atoms with Gasteiger partial charge in [-0.2, -0.15) is 5.10 Å². The maximum Gasteiger partial charge on any atom is 0.226 e. The van der Waals surface area contributed by atoms with E-state index < -0.39 is 0 Å². The molecule has 140 valence electrons. The summed E-state index contributed by atoms with van der Waals surface area (Å²) in [4.78, 5) is 16.2. The fraction of sp³-hybridized carbons (Fsp3) is 0.350. The van der Waals surface area contributed by atoms with Crippen molar-refractivity contribution in [1.29, 1.82) is 0 Å². The third kappa shape index (κ3) is 3.72. The van der Waals surface area contributed by atoms with Gasteiger partial charge in [-0.15, -0.1) is 0 Å². The largest absolute Gasteiger partial charge is 0.493 e. The number of benzene rings is 1. The Bertz CT molecular complexity index is 916. The zero-order valence-electron chi connectivity index (χ0n) is 15.3. The van der Waals surface area contributed by atoms with Gasteiger partial charge in [0.1, 0.15) is 11.6 Å². The monoisotopic (exact) mass is 365 g/mol. The number of imidazole rings is 1. The van der Waals surface area contributed by atoms with Crippen molar-refractivity contribution in [3.63, 3.8) is 0 Å². The molecule has 1 N–H and O–H groups in total. The average Bonchev–Trinajstić information content (AvgIpc) is 3.32. The van der Waals surface area contributed by atoms with Gasteiger partial charge in [-0.05, 0) is 18.9 Å². The molecular formula is C20H23N5O2. The van der Waals surface area contributed by atoms with E-state index in [9.17, 15) is 4.79 Å². The molecular weight excluding hydrogens is 342 g/mol. The van der Waals surface area contributed by atoms with E-state index in [2.05, 4.69) is 20.0 Å². The van der Waals surface area contributed by atoms with Crippen molar-refractivity contribution in [2.24, 2.45) is 7.05 Å². The number of aromatic nitrogens is 4. The molecule has 0 spiro atoms. The Morgan fingerprint density at radius 3 is 3.00 bits per heavy atom. The lowest BCUT2D eigenvalue weighted by molar-refractivity contribution is -0.116. The van der Waals surface area contributed by atoms with Crippen LogP contribution in [0.2, 0.25) is 0 Å². The Balaban J connectivity index is 1.44. The van der Waals surface area contributed by atoms with E-state index >= 15 is 0 Å². The Kier molecular flexibility index (Phi) is 4.91. The van der Waals surface area contributed by atoms with Crippen molar-refractivity contribution >= 4 is 11.7 Å². The lowest BCUT2D eigenvalue weighted by Gasteiger charge is -2.25. The van der Waals surface area contributed by atoms with E-state index in [-0.39, 0.29) is 11.8 Å². The number of para-hydroxylation sites is 1. The lowest BCUT2D eigenvalue weighted by atomic mass is 9.87.